The Labute approximate surface area is 113 Å². The van der Waals surface area contributed by atoms with Crippen LogP contribution < -0.4 is 5.73 Å². The number of allylic oxidation sites excluding steroid dienone is 3. The number of benzene rings is 1. The van der Waals surface area contributed by atoms with Gasteiger partial charge in [-0.15, -0.1) is 0 Å². The molecule has 0 aromatic heterocycles. The summed E-state index contributed by atoms with van der Waals surface area (Å²) in [5, 5.41) is 0. The number of hydrogen-bond donors (Lipinski definition) is 1. The van der Waals surface area contributed by atoms with E-state index in [0.717, 1.165) is 12.2 Å². The van der Waals surface area contributed by atoms with Gasteiger partial charge in [0.2, 0.25) is 0 Å². The van der Waals surface area contributed by atoms with Gasteiger partial charge in [-0.3, -0.25) is 4.79 Å². The van der Waals surface area contributed by atoms with Crippen LogP contribution in [0.25, 0.3) is 0 Å². The minimum Gasteiger partial charge on any atom is -0.498 e. The Balaban J connectivity index is 2.33. The zero-order chi connectivity index (χ0) is 13.8. The normalized spacial score (nSPS) is 19.1. The van der Waals surface area contributed by atoms with Gasteiger partial charge in [-0.05, 0) is 18.9 Å². The summed E-state index contributed by atoms with van der Waals surface area (Å²) >= 11 is 0. The molecular weight excluding hydrogens is 238 g/mol. The van der Waals surface area contributed by atoms with E-state index in [1.54, 1.807) is 6.08 Å². The summed E-state index contributed by atoms with van der Waals surface area (Å²) in [6.45, 7) is 4.57. The monoisotopic (exact) mass is 257 g/mol. The van der Waals surface area contributed by atoms with Crippen LogP contribution in [0.3, 0.4) is 0 Å². The van der Waals surface area contributed by atoms with Crippen molar-refractivity contribution >= 4 is 5.78 Å². The number of carbonyl (C=O) groups is 1. The Morgan fingerprint density at radius 3 is 2.63 bits per heavy atom. The van der Waals surface area contributed by atoms with Crippen LogP contribution >= 0.6 is 0 Å². The van der Waals surface area contributed by atoms with Crippen molar-refractivity contribution in [1.29, 1.82) is 0 Å². The number of ketones is 1. The van der Waals surface area contributed by atoms with E-state index in [9.17, 15) is 4.79 Å². The van der Waals surface area contributed by atoms with Crippen LogP contribution in [0.15, 0.2) is 53.4 Å². The molecule has 2 N–H and O–H groups in total. The Hall–Kier alpha value is -2.03. The second-order valence-corrected chi connectivity index (χ2v) is 4.71. The van der Waals surface area contributed by atoms with Gasteiger partial charge in [0.1, 0.15) is 0 Å². The van der Waals surface area contributed by atoms with E-state index in [1.807, 2.05) is 44.2 Å². The molecule has 1 aromatic rings. The third-order valence-corrected chi connectivity index (χ3v) is 3.24. The Morgan fingerprint density at radius 2 is 2.05 bits per heavy atom. The van der Waals surface area contributed by atoms with Crippen molar-refractivity contribution in [2.24, 2.45) is 11.7 Å². The van der Waals surface area contributed by atoms with Crippen LogP contribution in [-0.2, 0) is 4.74 Å². The highest BCUT2D eigenvalue weighted by Gasteiger charge is 2.26. The van der Waals surface area contributed by atoms with Crippen molar-refractivity contribution in [3.05, 3.63) is 59.0 Å². The number of ether oxygens (including phenoxy) is 1. The zero-order valence-corrected chi connectivity index (χ0v) is 11.3. The summed E-state index contributed by atoms with van der Waals surface area (Å²) < 4.78 is 5.49. The van der Waals surface area contributed by atoms with Crippen LogP contribution in [0.1, 0.15) is 30.6 Å². The molecule has 1 unspecified atom stereocenters. The summed E-state index contributed by atoms with van der Waals surface area (Å²) in [5.41, 5.74) is 7.93. The van der Waals surface area contributed by atoms with Crippen LogP contribution in [0.2, 0.25) is 0 Å². The van der Waals surface area contributed by atoms with E-state index in [1.165, 1.54) is 0 Å². The highest BCUT2D eigenvalue weighted by Crippen LogP contribution is 2.30. The summed E-state index contributed by atoms with van der Waals surface area (Å²) in [4.78, 5) is 12.5. The van der Waals surface area contributed by atoms with Gasteiger partial charge in [-0.1, -0.05) is 37.3 Å². The van der Waals surface area contributed by atoms with Gasteiger partial charge in [-0.25, -0.2) is 0 Å². The van der Waals surface area contributed by atoms with Gasteiger partial charge in [-0.2, -0.15) is 0 Å². The fourth-order valence-corrected chi connectivity index (χ4v) is 2.38. The van der Waals surface area contributed by atoms with Gasteiger partial charge >= 0.3 is 0 Å². The summed E-state index contributed by atoms with van der Waals surface area (Å²) in [5.74, 6) is 0.953. The van der Waals surface area contributed by atoms with E-state index >= 15 is 0 Å². The first-order chi connectivity index (χ1) is 9.13. The molecule has 0 saturated heterocycles. The van der Waals surface area contributed by atoms with Crippen molar-refractivity contribution in [2.75, 3.05) is 6.61 Å². The maximum atomic E-state index is 12.5. The molecule has 0 heterocycles. The molecule has 1 aliphatic carbocycles. The van der Waals surface area contributed by atoms with Crippen molar-refractivity contribution in [1.82, 2.24) is 0 Å². The lowest BCUT2D eigenvalue weighted by atomic mass is 9.85. The molecule has 0 aliphatic heterocycles. The molecule has 0 bridgehead atoms. The summed E-state index contributed by atoms with van der Waals surface area (Å²) in [7, 11) is 0. The van der Waals surface area contributed by atoms with Crippen LogP contribution in [0.4, 0.5) is 0 Å². The molecular formula is C16H19NO2. The fraction of sp³-hybridized carbons (Fsp3) is 0.312. The molecule has 0 radical (unpaired) electrons. The molecule has 2 rings (SSSR count). The van der Waals surface area contributed by atoms with E-state index in [-0.39, 0.29) is 11.7 Å². The largest absolute Gasteiger partial charge is 0.498 e. The number of hydrogen-bond acceptors (Lipinski definition) is 3. The van der Waals surface area contributed by atoms with Crippen LogP contribution in [0.5, 0.6) is 0 Å². The quantitative estimate of drug-likeness (QED) is 0.843. The second kappa shape index (κ2) is 5.74. The van der Waals surface area contributed by atoms with Crippen LogP contribution in [-0.4, -0.2) is 12.4 Å². The van der Waals surface area contributed by atoms with Crippen molar-refractivity contribution in [3.63, 3.8) is 0 Å². The van der Waals surface area contributed by atoms with Crippen molar-refractivity contribution in [2.45, 2.75) is 20.3 Å². The fourth-order valence-electron chi connectivity index (χ4n) is 2.38. The smallest absolute Gasteiger partial charge is 0.191 e. The predicted molar refractivity (Wildman–Crippen MR) is 75.5 cm³/mol. The Bertz CT molecular complexity index is 529. The molecule has 100 valence electrons. The van der Waals surface area contributed by atoms with Crippen LogP contribution in [0, 0.1) is 5.92 Å². The minimum absolute atomic E-state index is 0.0115. The lowest BCUT2D eigenvalue weighted by Gasteiger charge is -2.23. The van der Waals surface area contributed by atoms with E-state index in [0.29, 0.717) is 23.4 Å². The molecule has 1 atom stereocenters. The summed E-state index contributed by atoms with van der Waals surface area (Å²) in [6.07, 6.45) is 2.50. The summed E-state index contributed by atoms with van der Waals surface area (Å²) in [6, 6.07) is 9.25. The predicted octanol–water partition coefficient (Wildman–Crippen LogP) is 3.04. The average Bonchev–Trinajstić information content (AvgIpc) is 2.39. The molecule has 0 fully saturated rings. The zero-order valence-electron chi connectivity index (χ0n) is 11.3. The first-order valence-corrected chi connectivity index (χ1v) is 6.56. The molecule has 3 nitrogen and oxygen atoms in total. The highest BCUT2D eigenvalue weighted by molar-refractivity contribution is 6.09. The van der Waals surface area contributed by atoms with E-state index in [4.69, 9.17) is 10.5 Å². The van der Waals surface area contributed by atoms with Crippen molar-refractivity contribution in [3.8, 4) is 0 Å². The third-order valence-electron chi connectivity index (χ3n) is 3.24. The molecule has 0 spiro atoms. The van der Waals surface area contributed by atoms with E-state index in [2.05, 4.69) is 0 Å². The minimum atomic E-state index is 0.0115. The molecule has 1 aliphatic rings. The average molecular weight is 257 g/mol. The number of nitrogens with two attached hydrogens (primary N) is 1. The first kappa shape index (κ1) is 13.4. The highest BCUT2D eigenvalue weighted by atomic mass is 16.5. The molecule has 0 saturated carbocycles. The molecule has 1 aromatic carbocycles. The number of rotatable bonds is 4. The Morgan fingerprint density at radius 1 is 1.37 bits per heavy atom. The van der Waals surface area contributed by atoms with Gasteiger partial charge in [0.15, 0.2) is 5.78 Å². The molecule has 0 amide bonds. The lowest BCUT2D eigenvalue weighted by Crippen LogP contribution is -2.21. The second-order valence-electron chi connectivity index (χ2n) is 4.71. The van der Waals surface area contributed by atoms with Gasteiger partial charge in [0, 0.05) is 23.3 Å². The maximum absolute atomic E-state index is 12.5. The standard InChI is InChI=1S/C16H19NO2/c1-3-19-13-9-11(2)15(14(17)10-13)16(18)12-7-5-4-6-8-12/h4-8,10-11H,3,9,17H2,1-2H3. The maximum Gasteiger partial charge on any atom is 0.191 e. The molecule has 19 heavy (non-hydrogen) atoms. The topological polar surface area (TPSA) is 52.3 Å². The van der Waals surface area contributed by atoms with Crippen molar-refractivity contribution < 1.29 is 9.53 Å². The number of Topliss-reactive ketones (excluding diaryl/α,β-unsaturated/α-hetero) is 1. The Kier molecular flexibility index (Phi) is 4.05. The van der Waals surface area contributed by atoms with Gasteiger partial charge in [0.25, 0.3) is 0 Å². The number of carbonyl (C=O) groups excluding carboxylic acids is 1. The molecule has 3 heteroatoms. The van der Waals surface area contributed by atoms with E-state index < -0.39 is 0 Å². The lowest BCUT2D eigenvalue weighted by molar-refractivity contribution is 0.101. The first-order valence-electron chi connectivity index (χ1n) is 6.56. The third kappa shape index (κ3) is 2.87. The van der Waals surface area contributed by atoms with Gasteiger partial charge < -0.3 is 10.5 Å². The SMILES string of the molecule is CCOC1=CC(N)=C(C(=O)c2ccccc2)C(C)C1. The van der Waals surface area contributed by atoms with Gasteiger partial charge in [0.05, 0.1) is 12.4 Å².